The zero-order chi connectivity index (χ0) is 12.2. The van der Waals surface area contributed by atoms with Gasteiger partial charge >= 0.3 is 11.9 Å². The smallest absolute Gasteiger partial charge is 0.339 e. The van der Waals surface area contributed by atoms with Gasteiger partial charge in [-0.3, -0.25) is 0 Å². The van der Waals surface area contributed by atoms with E-state index < -0.39 is 23.6 Å². The standard InChI is InChI=1S/C9H16O6/c1-5(2)4-9(15-3,8(13)14)6(10)7(11)12/h5-6,10H,4H2,1-3H3,(H,11,12)(H,13,14). The van der Waals surface area contributed by atoms with Gasteiger partial charge in [-0.15, -0.1) is 0 Å². The number of hydrogen-bond donors (Lipinski definition) is 3. The van der Waals surface area contributed by atoms with Gasteiger partial charge in [0.1, 0.15) is 0 Å². The summed E-state index contributed by atoms with van der Waals surface area (Å²) in [7, 11) is 1.07. The van der Waals surface area contributed by atoms with Gasteiger partial charge in [-0.1, -0.05) is 13.8 Å². The van der Waals surface area contributed by atoms with Crippen LogP contribution < -0.4 is 0 Å². The fraction of sp³-hybridized carbons (Fsp3) is 0.778. The third-order valence-corrected chi connectivity index (χ3v) is 2.11. The van der Waals surface area contributed by atoms with E-state index in [1.54, 1.807) is 13.8 Å². The first-order chi connectivity index (χ1) is 6.77. The molecule has 0 aliphatic rings. The van der Waals surface area contributed by atoms with Crippen molar-refractivity contribution >= 4 is 11.9 Å². The number of aliphatic hydroxyl groups excluding tert-OH is 1. The maximum atomic E-state index is 11.0. The first-order valence-electron chi connectivity index (χ1n) is 4.47. The maximum Gasteiger partial charge on any atom is 0.339 e. The molecule has 15 heavy (non-hydrogen) atoms. The van der Waals surface area contributed by atoms with E-state index in [-0.39, 0.29) is 12.3 Å². The number of hydrogen-bond acceptors (Lipinski definition) is 4. The first-order valence-corrected chi connectivity index (χ1v) is 4.47. The number of methoxy groups -OCH3 is 1. The SMILES string of the molecule is COC(CC(C)C)(C(=O)O)C(O)C(=O)O. The van der Waals surface area contributed by atoms with E-state index in [0.29, 0.717) is 0 Å². The molecular formula is C9H16O6. The zero-order valence-electron chi connectivity index (χ0n) is 8.93. The van der Waals surface area contributed by atoms with E-state index in [9.17, 15) is 14.7 Å². The minimum absolute atomic E-state index is 0.0771. The molecule has 0 fully saturated rings. The van der Waals surface area contributed by atoms with Gasteiger partial charge in [-0.2, -0.15) is 0 Å². The molecular weight excluding hydrogens is 204 g/mol. The Morgan fingerprint density at radius 1 is 1.33 bits per heavy atom. The van der Waals surface area contributed by atoms with Crippen LogP contribution in [0.25, 0.3) is 0 Å². The van der Waals surface area contributed by atoms with Crippen molar-refractivity contribution in [3.05, 3.63) is 0 Å². The van der Waals surface area contributed by atoms with Crippen molar-refractivity contribution in [3.63, 3.8) is 0 Å². The average molecular weight is 220 g/mol. The summed E-state index contributed by atoms with van der Waals surface area (Å²) in [6, 6.07) is 0. The molecule has 0 spiro atoms. The number of aliphatic carboxylic acids is 2. The Morgan fingerprint density at radius 2 is 1.80 bits per heavy atom. The van der Waals surface area contributed by atoms with Crippen LogP contribution in [0.1, 0.15) is 20.3 Å². The molecule has 0 aromatic heterocycles. The Labute approximate surface area is 87.5 Å². The summed E-state index contributed by atoms with van der Waals surface area (Å²) in [5.41, 5.74) is -2.08. The normalized spacial score (nSPS) is 17.1. The summed E-state index contributed by atoms with van der Waals surface area (Å²) in [5.74, 6) is -3.21. The van der Waals surface area contributed by atoms with E-state index in [2.05, 4.69) is 0 Å². The van der Waals surface area contributed by atoms with Crippen LogP contribution in [-0.4, -0.2) is 46.1 Å². The van der Waals surface area contributed by atoms with Gasteiger partial charge in [0.15, 0.2) is 6.10 Å². The molecule has 0 saturated heterocycles. The fourth-order valence-corrected chi connectivity index (χ4v) is 1.40. The number of ether oxygens (including phenoxy) is 1. The van der Waals surface area contributed by atoms with Gasteiger partial charge in [0, 0.05) is 7.11 Å². The molecule has 0 amide bonds. The molecule has 2 atom stereocenters. The molecule has 0 aromatic carbocycles. The van der Waals surface area contributed by atoms with Crippen molar-refractivity contribution in [1.29, 1.82) is 0 Å². The summed E-state index contributed by atoms with van der Waals surface area (Å²) in [5, 5.41) is 26.9. The average Bonchev–Trinajstić information content (AvgIpc) is 2.12. The van der Waals surface area contributed by atoms with Crippen molar-refractivity contribution in [2.24, 2.45) is 5.92 Å². The molecule has 6 heteroatoms. The second kappa shape index (κ2) is 5.09. The number of rotatable bonds is 6. The Bertz CT molecular complexity index is 249. The summed E-state index contributed by atoms with van der Waals surface area (Å²) in [6.07, 6.45) is -2.16. The second-order valence-electron chi connectivity index (χ2n) is 3.74. The molecule has 2 unspecified atom stereocenters. The minimum atomic E-state index is -2.08. The number of carboxylic acids is 2. The quantitative estimate of drug-likeness (QED) is 0.579. The molecule has 0 radical (unpaired) electrons. The van der Waals surface area contributed by atoms with Crippen molar-refractivity contribution < 1.29 is 29.6 Å². The van der Waals surface area contributed by atoms with Crippen LogP contribution in [0.15, 0.2) is 0 Å². The summed E-state index contributed by atoms with van der Waals surface area (Å²) < 4.78 is 4.70. The highest BCUT2D eigenvalue weighted by molar-refractivity contribution is 5.87. The lowest BCUT2D eigenvalue weighted by molar-refractivity contribution is -0.191. The van der Waals surface area contributed by atoms with E-state index in [0.717, 1.165) is 7.11 Å². The van der Waals surface area contributed by atoms with Crippen molar-refractivity contribution in [2.75, 3.05) is 7.11 Å². The summed E-state index contributed by atoms with van der Waals surface area (Å²) in [4.78, 5) is 21.6. The maximum absolute atomic E-state index is 11.0. The van der Waals surface area contributed by atoms with Gasteiger partial charge in [0.05, 0.1) is 0 Å². The lowest BCUT2D eigenvalue weighted by Gasteiger charge is -2.31. The van der Waals surface area contributed by atoms with Crippen LogP contribution in [0.3, 0.4) is 0 Å². The van der Waals surface area contributed by atoms with Crippen LogP contribution in [0.4, 0.5) is 0 Å². The molecule has 6 nitrogen and oxygen atoms in total. The highest BCUT2D eigenvalue weighted by Gasteiger charge is 2.50. The van der Waals surface area contributed by atoms with E-state index in [4.69, 9.17) is 14.9 Å². The highest BCUT2D eigenvalue weighted by atomic mass is 16.5. The van der Waals surface area contributed by atoms with Crippen molar-refractivity contribution in [1.82, 2.24) is 0 Å². The van der Waals surface area contributed by atoms with Crippen LogP contribution in [0.2, 0.25) is 0 Å². The largest absolute Gasteiger partial charge is 0.479 e. The van der Waals surface area contributed by atoms with E-state index in [1.165, 1.54) is 0 Å². The van der Waals surface area contributed by atoms with Crippen LogP contribution in [-0.2, 0) is 14.3 Å². The van der Waals surface area contributed by atoms with Gasteiger partial charge in [-0.25, -0.2) is 9.59 Å². The molecule has 0 aromatic rings. The Hall–Kier alpha value is -1.14. The molecule has 3 N–H and O–H groups in total. The Balaban J connectivity index is 5.14. The summed E-state index contributed by atoms with van der Waals surface area (Å²) in [6.45, 7) is 3.43. The number of aliphatic hydroxyl groups is 1. The lowest BCUT2D eigenvalue weighted by Crippen LogP contribution is -2.55. The zero-order valence-corrected chi connectivity index (χ0v) is 8.93. The van der Waals surface area contributed by atoms with Gasteiger partial charge in [-0.05, 0) is 12.3 Å². The van der Waals surface area contributed by atoms with Gasteiger partial charge < -0.3 is 20.1 Å². The molecule has 0 aliphatic heterocycles. The van der Waals surface area contributed by atoms with Crippen LogP contribution in [0.5, 0.6) is 0 Å². The van der Waals surface area contributed by atoms with E-state index in [1.807, 2.05) is 0 Å². The lowest BCUT2D eigenvalue weighted by atomic mass is 9.87. The monoisotopic (exact) mass is 220 g/mol. The van der Waals surface area contributed by atoms with Gasteiger partial charge in [0.2, 0.25) is 5.60 Å². The molecule has 0 bridgehead atoms. The topological polar surface area (TPSA) is 104 Å². The predicted octanol–water partition coefficient (Wildman–Crippen LogP) is -0.0522. The number of carbonyl (C=O) groups is 2. The highest BCUT2D eigenvalue weighted by Crippen LogP contribution is 2.25. The third-order valence-electron chi connectivity index (χ3n) is 2.11. The minimum Gasteiger partial charge on any atom is -0.479 e. The Morgan fingerprint density at radius 3 is 2.00 bits per heavy atom. The third kappa shape index (κ3) is 2.90. The molecule has 88 valence electrons. The van der Waals surface area contributed by atoms with E-state index >= 15 is 0 Å². The molecule has 0 aliphatic carbocycles. The molecule has 0 saturated carbocycles. The Kier molecular flexibility index (Phi) is 4.70. The van der Waals surface area contributed by atoms with Gasteiger partial charge in [0.25, 0.3) is 0 Å². The first kappa shape index (κ1) is 13.9. The molecule has 0 rings (SSSR count). The van der Waals surface area contributed by atoms with Crippen molar-refractivity contribution in [3.8, 4) is 0 Å². The van der Waals surface area contributed by atoms with Crippen LogP contribution >= 0.6 is 0 Å². The van der Waals surface area contributed by atoms with Crippen LogP contribution in [0, 0.1) is 5.92 Å². The number of carboxylic acid groups (broad SMARTS) is 2. The molecule has 0 heterocycles. The predicted molar refractivity (Wildman–Crippen MR) is 50.5 cm³/mol. The second-order valence-corrected chi connectivity index (χ2v) is 3.74. The summed E-state index contributed by atoms with van der Waals surface area (Å²) >= 11 is 0. The fourth-order valence-electron chi connectivity index (χ4n) is 1.40. The van der Waals surface area contributed by atoms with Crippen molar-refractivity contribution in [2.45, 2.75) is 32.0 Å².